The van der Waals surface area contributed by atoms with E-state index in [1.807, 2.05) is 11.0 Å². The molecule has 0 radical (unpaired) electrons. The fourth-order valence-corrected chi connectivity index (χ4v) is 2.29. The number of carbonyl (C=O) groups is 1. The highest BCUT2D eigenvalue weighted by atomic mass is 16.5. The molecule has 1 aliphatic heterocycles. The molecule has 2 rings (SSSR count). The van der Waals surface area contributed by atoms with Crippen molar-refractivity contribution in [2.24, 2.45) is 0 Å². The summed E-state index contributed by atoms with van der Waals surface area (Å²) in [5, 5.41) is 9.08. The summed E-state index contributed by atoms with van der Waals surface area (Å²) in [6.07, 6.45) is 5.68. The summed E-state index contributed by atoms with van der Waals surface area (Å²) in [6.45, 7) is 2.83. The minimum absolute atomic E-state index is 0.249. The molecule has 0 spiro atoms. The number of nitriles is 1. The first-order chi connectivity index (χ1) is 9.27. The summed E-state index contributed by atoms with van der Waals surface area (Å²) >= 11 is 0. The maximum atomic E-state index is 12.0. The third kappa shape index (κ3) is 2.81. The van der Waals surface area contributed by atoms with Gasteiger partial charge in [-0.3, -0.25) is 0 Å². The maximum Gasteiger partial charge on any atom is 0.328 e. The molecule has 1 atom stereocenters. The van der Waals surface area contributed by atoms with Crippen molar-refractivity contribution in [3.63, 3.8) is 0 Å². The van der Waals surface area contributed by atoms with Crippen LogP contribution >= 0.6 is 0 Å². The number of aromatic nitrogens is 2. The van der Waals surface area contributed by atoms with Crippen LogP contribution in [0.3, 0.4) is 0 Å². The third-order valence-electron chi connectivity index (χ3n) is 3.12. The molecule has 0 amide bonds. The predicted molar refractivity (Wildman–Crippen MR) is 68.4 cm³/mol. The fourth-order valence-electron chi connectivity index (χ4n) is 2.29. The van der Waals surface area contributed by atoms with Crippen molar-refractivity contribution in [1.29, 1.82) is 5.26 Å². The van der Waals surface area contributed by atoms with Crippen LogP contribution in [0.25, 0.3) is 0 Å². The van der Waals surface area contributed by atoms with Crippen molar-refractivity contribution in [3.05, 3.63) is 18.1 Å². The second kappa shape index (κ2) is 6.14. The van der Waals surface area contributed by atoms with E-state index in [0.717, 1.165) is 19.3 Å². The van der Waals surface area contributed by atoms with Crippen molar-refractivity contribution in [2.75, 3.05) is 18.1 Å². The number of piperidine rings is 1. The van der Waals surface area contributed by atoms with Gasteiger partial charge in [0.2, 0.25) is 0 Å². The summed E-state index contributed by atoms with van der Waals surface area (Å²) < 4.78 is 5.09. The van der Waals surface area contributed by atoms with Crippen LogP contribution in [0.2, 0.25) is 0 Å². The summed E-state index contributed by atoms with van der Waals surface area (Å²) in [6, 6.07) is 1.65. The Balaban J connectivity index is 2.29. The van der Waals surface area contributed by atoms with Gasteiger partial charge in [-0.05, 0) is 26.2 Å². The van der Waals surface area contributed by atoms with Crippen LogP contribution in [0.15, 0.2) is 12.4 Å². The van der Waals surface area contributed by atoms with E-state index >= 15 is 0 Å². The molecule has 1 aromatic heterocycles. The zero-order valence-electron chi connectivity index (χ0n) is 10.9. The Hall–Kier alpha value is -2.16. The molecule has 1 unspecified atom stereocenters. The lowest BCUT2D eigenvalue weighted by molar-refractivity contribution is -0.145. The highest BCUT2D eigenvalue weighted by molar-refractivity contribution is 5.80. The number of esters is 1. The van der Waals surface area contributed by atoms with Crippen LogP contribution in [-0.2, 0) is 9.53 Å². The summed E-state index contributed by atoms with van der Waals surface area (Å²) in [4.78, 5) is 22.0. The number of carbonyl (C=O) groups excluding carboxylic acids is 1. The monoisotopic (exact) mass is 260 g/mol. The van der Waals surface area contributed by atoms with Crippen molar-refractivity contribution in [3.8, 4) is 6.07 Å². The van der Waals surface area contributed by atoms with Crippen LogP contribution in [0.4, 0.5) is 5.82 Å². The second-order valence-corrected chi connectivity index (χ2v) is 4.30. The van der Waals surface area contributed by atoms with Crippen LogP contribution in [0.5, 0.6) is 0 Å². The lowest BCUT2D eigenvalue weighted by Crippen LogP contribution is -2.46. The Morgan fingerprint density at radius 2 is 2.32 bits per heavy atom. The Labute approximate surface area is 112 Å². The van der Waals surface area contributed by atoms with E-state index in [1.165, 1.54) is 12.4 Å². The average molecular weight is 260 g/mol. The van der Waals surface area contributed by atoms with Gasteiger partial charge in [-0.15, -0.1) is 0 Å². The van der Waals surface area contributed by atoms with Crippen LogP contribution < -0.4 is 4.90 Å². The van der Waals surface area contributed by atoms with Gasteiger partial charge in [0.15, 0.2) is 11.5 Å². The van der Waals surface area contributed by atoms with Crippen LogP contribution in [-0.4, -0.2) is 35.1 Å². The summed E-state index contributed by atoms with van der Waals surface area (Å²) in [5.41, 5.74) is 0.249. The van der Waals surface area contributed by atoms with Gasteiger partial charge in [0, 0.05) is 18.9 Å². The number of nitrogens with zero attached hydrogens (tertiary/aromatic N) is 4. The topological polar surface area (TPSA) is 79.1 Å². The molecule has 1 aliphatic rings. The molecule has 0 saturated carbocycles. The highest BCUT2D eigenvalue weighted by Gasteiger charge is 2.32. The van der Waals surface area contributed by atoms with E-state index < -0.39 is 0 Å². The van der Waals surface area contributed by atoms with Crippen LogP contribution in [0, 0.1) is 11.3 Å². The molecule has 2 heterocycles. The van der Waals surface area contributed by atoms with E-state index in [0.29, 0.717) is 19.0 Å². The summed E-state index contributed by atoms with van der Waals surface area (Å²) in [7, 11) is 0. The quantitative estimate of drug-likeness (QED) is 0.761. The standard InChI is InChI=1S/C13H16N4O2/c1-2-19-13(18)11-5-3-4-8-17(11)12-10(9-14)15-6-7-16-12/h6-7,11H,2-5,8H2,1H3. The lowest BCUT2D eigenvalue weighted by atomic mass is 10.0. The summed E-state index contributed by atoms with van der Waals surface area (Å²) in [5.74, 6) is 0.222. The molecular formula is C13H16N4O2. The third-order valence-corrected chi connectivity index (χ3v) is 3.12. The molecule has 1 fully saturated rings. The van der Waals surface area contributed by atoms with E-state index in [9.17, 15) is 4.79 Å². The Bertz CT molecular complexity index is 498. The average Bonchev–Trinajstić information content (AvgIpc) is 2.47. The zero-order valence-corrected chi connectivity index (χ0v) is 10.9. The predicted octanol–water partition coefficient (Wildman–Crippen LogP) is 1.27. The maximum absolute atomic E-state index is 12.0. The van der Waals surface area contributed by atoms with Gasteiger partial charge in [-0.1, -0.05) is 0 Å². The largest absolute Gasteiger partial charge is 0.464 e. The van der Waals surface area contributed by atoms with Gasteiger partial charge in [-0.2, -0.15) is 5.26 Å². The minimum Gasteiger partial charge on any atom is -0.464 e. The van der Waals surface area contributed by atoms with Gasteiger partial charge in [0.25, 0.3) is 0 Å². The van der Waals surface area contributed by atoms with E-state index in [1.54, 1.807) is 6.92 Å². The SMILES string of the molecule is CCOC(=O)C1CCCCN1c1nccnc1C#N. The Morgan fingerprint density at radius 1 is 1.53 bits per heavy atom. The van der Waals surface area contributed by atoms with Crippen molar-refractivity contribution in [2.45, 2.75) is 32.2 Å². The van der Waals surface area contributed by atoms with Crippen molar-refractivity contribution < 1.29 is 9.53 Å². The molecule has 19 heavy (non-hydrogen) atoms. The van der Waals surface area contributed by atoms with Crippen molar-refractivity contribution in [1.82, 2.24) is 9.97 Å². The van der Waals surface area contributed by atoms with Gasteiger partial charge in [0.1, 0.15) is 12.1 Å². The second-order valence-electron chi connectivity index (χ2n) is 4.30. The number of rotatable bonds is 3. The molecule has 1 aromatic rings. The van der Waals surface area contributed by atoms with Crippen LogP contribution in [0.1, 0.15) is 31.9 Å². The number of ether oxygens (including phenoxy) is 1. The van der Waals surface area contributed by atoms with E-state index in [4.69, 9.17) is 10.00 Å². The smallest absolute Gasteiger partial charge is 0.328 e. The first-order valence-electron chi connectivity index (χ1n) is 6.42. The Morgan fingerprint density at radius 3 is 3.05 bits per heavy atom. The molecule has 6 heteroatoms. The minimum atomic E-state index is -0.363. The van der Waals surface area contributed by atoms with E-state index in [2.05, 4.69) is 9.97 Å². The number of hydrogen-bond donors (Lipinski definition) is 0. The molecular weight excluding hydrogens is 244 g/mol. The normalized spacial score (nSPS) is 18.7. The van der Waals surface area contributed by atoms with E-state index in [-0.39, 0.29) is 17.7 Å². The molecule has 0 N–H and O–H groups in total. The van der Waals surface area contributed by atoms with Gasteiger partial charge in [0.05, 0.1) is 6.61 Å². The molecule has 100 valence electrons. The zero-order chi connectivity index (χ0) is 13.7. The first-order valence-corrected chi connectivity index (χ1v) is 6.42. The molecule has 0 aliphatic carbocycles. The number of hydrogen-bond acceptors (Lipinski definition) is 6. The lowest BCUT2D eigenvalue weighted by Gasteiger charge is -2.34. The van der Waals surface area contributed by atoms with Gasteiger partial charge >= 0.3 is 5.97 Å². The molecule has 0 bridgehead atoms. The first kappa shape index (κ1) is 13.3. The molecule has 0 aromatic carbocycles. The molecule has 1 saturated heterocycles. The van der Waals surface area contributed by atoms with Gasteiger partial charge < -0.3 is 9.64 Å². The highest BCUT2D eigenvalue weighted by Crippen LogP contribution is 2.25. The van der Waals surface area contributed by atoms with Gasteiger partial charge in [-0.25, -0.2) is 14.8 Å². The van der Waals surface area contributed by atoms with Crippen molar-refractivity contribution >= 4 is 11.8 Å². The Kier molecular flexibility index (Phi) is 4.29. The fraction of sp³-hybridized carbons (Fsp3) is 0.538. The number of anilines is 1. The molecule has 6 nitrogen and oxygen atoms in total.